The predicted octanol–water partition coefficient (Wildman–Crippen LogP) is 3.02. The summed E-state index contributed by atoms with van der Waals surface area (Å²) >= 11 is 5.03. The molecule has 1 aromatic heterocycles. The molecule has 0 amide bonds. The summed E-state index contributed by atoms with van der Waals surface area (Å²) in [5.41, 5.74) is 4.39. The van der Waals surface area contributed by atoms with E-state index in [1.165, 1.54) is 5.56 Å². The quantitative estimate of drug-likeness (QED) is 0.731. The summed E-state index contributed by atoms with van der Waals surface area (Å²) in [5, 5.41) is 9.27. The third-order valence-electron chi connectivity index (χ3n) is 3.21. The van der Waals surface area contributed by atoms with Crippen LogP contribution >= 0.6 is 12.2 Å². The standard InChI is InChI=1S/C13H16N2OS/c1-8-10(7-16)4-3-5-11(8)9(2)12-6-14-13(17)15-12/h3-6,9,16H,7H2,1-2H3,(H2,14,15,17)/t9-/m0/s1. The molecular weight excluding hydrogens is 232 g/mol. The summed E-state index contributed by atoms with van der Waals surface area (Å²) in [6.45, 7) is 4.24. The Morgan fingerprint density at radius 1 is 1.41 bits per heavy atom. The van der Waals surface area contributed by atoms with Gasteiger partial charge < -0.3 is 15.1 Å². The van der Waals surface area contributed by atoms with Crippen molar-refractivity contribution in [1.29, 1.82) is 0 Å². The lowest BCUT2D eigenvalue weighted by Gasteiger charge is -2.15. The van der Waals surface area contributed by atoms with Crippen LogP contribution in [0.2, 0.25) is 0 Å². The lowest BCUT2D eigenvalue weighted by molar-refractivity contribution is 0.281. The van der Waals surface area contributed by atoms with Crippen molar-refractivity contribution >= 4 is 12.2 Å². The summed E-state index contributed by atoms with van der Waals surface area (Å²) in [5.74, 6) is 0.231. The Kier molecular flexibility index (Phi) is 3.45. The van der Waals surface area contributed by atoms with Crippen LogP contribution in [0.5, 0.6) is 0 Å². The average Bonchev–Trinajstić information content (AvgIpc) is 2.75. The number of aromatic nitrogens is 2. The van der Waals surface area contributed by atoms with Crippen LogP contribution < -0.4 is 0 Å². The second-order valence-electron chi connectivity index (χ2n) is 4.21. The molecule has 0 radical (unpaired) electrons. The van der Waals surface area contributed by atoms with Crippen LogP contribution in [0, 0.1) is 11.7 Å². The van der Waals surface area contributed by atoms with E-state index in [2.05, 4.69) is 23.0 Å². The van der Waals surface area contributed by atoms with Gasteiger partial charge in [-0.15, -0.1) is 0 Å². The van der Waals surface area contributed by atoms with E-state index in [-0.39, 0.29) is 12.5 Å². The molecule has 90 valence electrons. The van der Waals surface area contributed by atoms with E-state index in [1.807, 2.05) is 25.3 Å². The van der Waals surface area contributed by atoms with Gasteiger partial charge in [-0.1, -0.05) is 25.1 Å². The fourth-order valence-electron chi connectivity index (χ4n) is 2.09. The maximum Gasteiger partial charge on any atom is 0.174 e. The molecule has 0 bridgehead atoms. The Morgan fingerprint density at radius 2 is 2.18 bits per heavy atom. The van der Waals surface area contributed by atoms with Crippen LogP contribution in [0.4, 0.5) is 0 Å². The lowest BCUT2D eigenvalue weighted by atomic mass is 9.91. The summed E-state index contributed by atoms with van der Waals surface area (Å²) in [6, 6.07) is 6.01. The maximum absolute atomic E-state index is 9.27. The Labute approximate surface area is 106 Å². The number of hydrogen-bond donors (Lipinski definition) is 3. The lowest BCUT2D eigenvalue weighted by Crippen LogP contribution is -2.02. The number of aliphatic hydroxyl groups excluding tert-OH is 1. The molecule has 0 fully saturated rings. The molecule has 4 heteroatoms. The predicted molar refractivity (Wildman–Crippen MR) is 70.6 cm³/mol. The molecular formula is C13H16N2OS. The van der Waals surface area contributed by atoms with Gasteiger partial charge in [-0.3, -0.25) is 0 Å². The van der Waals surface area contributed by atoms with E-state index in [9.17, 15) is 5.11 Å². The van der Waals surface area contributed by atoms with Crippen LogP contribution in [0.25, 0.3) is 0 Å². The number of aliphatic hydroxyl groups is 1. The van der Waals surface area contributed by atoms with Gasteiger partial charge in [-0.25, -0.2) is 0 Å². The summed E-state index contributed by atoms with van der Waals surface area (Å²) < 4.78 is 0.641. The van der Waals surface area contributed by atoms with Crippen molar-refractivity contribution in [3.05, 3.63) is 51.6 Å². The minimum Gasteiger partial charge on any atom is -0.392 e. The highest BCUT2D eigenvalue weighted by molar-refractivity contribution is 7.71. The highest BCUT2D eigenvalue weighted by Crippen LogP contribution is 2.27. The molecule has 0 aliphatic rings. The Balaban J connectivity index is 2.43. The zero-order valence-electron chi connectivity index (χ0n) is 9.95. The monoisotopic (exact) mass is 248 g/mol. The molecule has 0 saturated heterocycles. The van der Waals surface area contributed by atoms with E-state index in [4.69, 9.17) is 12.2 Å². The van der Waals surface area contributed by atoms with E-state index < -0.39 is 0 Å². The van der Waals surface area contributed by atoms with Gasteiger partial charge in [0.15, 0.2) is 4.77 Å². The zero-order valence-corrected chi connectivity index (χ0v) is 10.8. The van der Waals surface area contributed by atoms with Gasteiger partial charge in [0.05, 0.1) is 6.61 Å². The van der Waals surface area contributed by atoms with Gasteiger partial charge in [0.1, 0.15) is 0 Å². The molecule has 1 heterocycles. The van der Waals surface area contributed by atoms with Gasteiger partial charge in [0.25, 0.3) is 0 Å². The Morgan fingerprint density at radius 3 is 2.76 bits per heavy atom. The molecule has 0 saturated carbocycles. The summed E-state index contributed by atoms with van der Waals surface area (Å²) in [4.78, 5) is 6.11. The smallest absolute Gasteiger partial charge is 0.174 e. The fourth-order valence-corrected chi connectivity index (χ4v) is 2.27. The second-order valence-corrected chi connectivity index (χ2v) is 4.62. The molecule has 3 nitrogen and oxygen atoms in total. The fraction of sp³-hybridized carbons (Fsp3) is 0.308. The average molecular weight is 248 g/mol. The van der Waals surface area contributed by atoms with Crippen molar-refractivity contribution in [2.75, 3.05) is 0 Å². The molecule has 1 atom stereocenters. The largest absolute Gasteiger partial charge is 0.392 e. The SMILES string of the molecule is Cc1c(CO)cccc1[C@H](C)c1c[nH]c(=S)[nH]1. The molecule has 17 heavy (non-hydrogen) atoms. The first-order valence-electron chi connectivity index (χ1n) is 5.60. The van der Waals surface area contributed by atoms with Crippen molar-refractivity contribution in [1.82, 2.24) is 9.97 Å². The van der Waals surface area contributed by atoms with E-state index in [1.54, 1.807) is 0 Å². The molecule has 2 rings (SSSR count). The number of rotatable bonds is 3. The number of benzene rings is 1. The number of aromatic amines is 2. The molecule has 3 N–H and O–H groups in total. The first kappa shape index (κ1) is 12.1. The minimum absolute atomic E-state index is 0.0789. The topological polar surface area (TPSA) is 51.8 Å². The van der Waals surface area contributed by atoms with Crippen molar-refractivity contribution in [2.24, 2.45) is 0 Å². The van der Waals surface area contributed by atoms with Crippen LogP contribution in [0.15, 0.2) is 24.4 Å². The maximum atomic E-state index is 9.27. The van der Waals surface area contributed by atoms with Gasteiger partial charge in [0.2, 0.25) is 0 Å². The molecule has 2 aromatic rings. The highest BCUT2D eigenvalue weighted by atomic mass is 32.1. The van der Waals surface area contributed by atoms with E-state index >= 15 is 0 Å². The third kappa shape index (κ3) is 2.33. The molecule has 0 spiro atoms. The summed E-state index contributed by atoms with van der Waals surface area (Å²) in [6.07, 6.45) is 1.90. The van der Waals surface area contributed by atoms with Crippen LogP contribution in [0.1, 0.15) is 35.2 Å². The molecule has 0 aliphatic heterocycles. The van der Waals surface area contributed by atoms with E-state index in [0.29, 0.717) is 4.77 Å². The van der Waals surface area contributed by atoms with Crippen molar-refractivity contribution < 1.29 is 5.11 Å². The Hall–Kier alpha value is -1.39. The zero-order chi connectivity index (χ0) is 12.4. The van der Waals surface area contributed by atoms with Crippen molar-refractivity contribution in [3.63, 3.8) is 0 Å². The number of hydrogen-bond acceptors (Lipinski definition) is 2. The van der Waals surface area contributed by atoms with Crippen LogP contribution in [-0.4, -0.2) is 15.1 Å². The van der Waals surface area contributed by atoms with Crippen molar-refractivity contribution in [3.8, 4) is 0 Å². The third-order valence-corrected chi connectivity index (χ3v) is 3.43. The molecule has 0 aliphatic carbocycles. The van der Waals surface area contributed by atoms with Gasteiger partial charge in [-0.05, 0) is 35.8 Å². The van der Waals surface area contributed by atoms with Crippen LogP contribution in [0.3, 0.4) is 0 Å². The molecule has 0 unspecified atom stereocenters. The van der Waals surface area contributed by atoms with E-state index in [0.717, 1.165) is 16.8 Å². The Bertz CT molecular complexity index is 571. The van der Waals surface area contributed by atoms with Gasteiger partial charge in [0, 0.05) is 17.8 Å². The number of imidazole rings is 1. The summed E-state index contributed by atoms with van der Waals surface area (Å²) in [7, 11) is 0. The highest BCUT2D eigenvalue weighted by Gasteiger charge is 2.13. The molecule has 1 aromatic carbocycles. The number of nitrogens with one attached hydrogen (secondary N) is 2. The first-order chi connectivity index (χ1) is 8.13. The van der Waals surface area contributed by atoms with Crippen molar-refractivity contribution in [2.45, 2.75) is 26.4 Å². The second kappa shape index (κ2) is 4.85. The number of H-pyrrole nitrogens is 2. The van der Waals surface area contributed by atoms with Gasteiger partial charge >= 0.3 is 0 Å². The minimum atomic E-state index is 0.0789. The normalized spacial score (nSPS) is 12.6. The van der Waals surface area contributed by atoms with Crippen LogP contribution in [-0.2, 0) is 6.61 Å². The van der Waals surface area contributed by atoms with Gasteiger partial charge in [-0.2, -0.15) is 0 Å². The first-order valence-corrected chi connectivity index (χ1v) is 6.01.